The Balaban J connectivity index is 2.04. The van der Waals surface area contributed by atoms with Crippen LogP contribution in [0.5, 0.6) is 0 Å². The summed E-state index contributed by atoms with van der Waals surface area (Å²) in [5, 5.41) is 0. The van der Waals surface area contributed by atoms with Crippen LogP contribution in [-0.2, 0) is 28.6 Å². The zero-order valence-corrected chi connectivity index (χ0v) is 11.7. The van der Waals surface area contributed by atoms with E-state index in [1.807, 2.05) is 0 Å². The maximum atomic E-state index is 11.1. The van der Waals surface area contributed by atoms with Gasteiger partial charge in [0.25, 0.3) is 0 Å². The Morgan fingerprint density at radius 2 is 1.30 bits per heavy atom. The van der Waals surface area contributed by atoms with Crippen LogP contribution in [0.3, 0.4) is 0 Å². The van der Waals surface area contributed by atoms with Crippen molar-refractivity contribution in [1.29, 1.82) is 0 Å². The van der Waals surface area contributed by atoms with Gasteiger partial charge < -0.3 is 14.2 Å². The number of carbonyl (C=O) groups excluding carboxylic acids is 3. The SMILES string of the molecule is CC(=O)OCC1[C@@H]2[C@H]1[C@@H](OC(C)=O)C=C[C@H]2OC(C)=O. The molecule has 1 fully saturated rings. The summed E-state index contributed by atoms with van der Waals surface area (Å²) >= 11 is 0. The van der Waals surface area contributed by atoms with Crippen molar-refractivity contribution in [2.45, 2.75) is 33.0 Å². The minimum absolute atomic E-state index is 0.0348. The molecule has 0 radical (unpaired) electrons. The van der Waals surface area contributed by atoms with E-state index in [1.165, 1.54) is 20.8 Å². The second kappa shape index (κ2) is 5.64. The standard InChI is InChI=1S/C14H18O6/c1-7(15)18-6-10-13-11(19-8(2)16)4-5-12(14(10)13)20-9(3)17/h4-5,10-14H,6H2,1-3H3/t10?,11-,12+,13+,14-. The minimum Gasteiger partial charge on any atom is -0.466 e. The second-order valence-electron chi connectivity index (χ2n) is 5.15. The van der Waals surface area contributed by atoms with E-state index in [2.05, 4.69) is 0 Å². The maximum absolute atomic E-state index is 11.1. The van der Waals surface area contributed by atoms with E-state index >= 15 is 0 Å². The quantitative estimate of drug-likeness (QED) is 0.432. The summed E-state index contributed by atoms with van der Waals surface area (Å²) in [7, 11) is 0. The van der Waals surface area contributed by atoms with Gasteiger partial charge in [-0.15, -0.1) is 0 Å². The molecule has 0 aromatic carbocycles. The van der Waals surface area contributed by atoms with Gasteiger partial charge in [-0.2, -0.15) is 0 Å². The van der Waals surface area contributed by atoms with Gasteiger partial charge in [0.15, 0.2) is 0 Å². The average Bonchev–Trinajstić information content (AvgIpc) is 3.03. The van der Waals surface area contributed by atoms with Crippen molar-refractivity contribution in [3.8, 4) is 0 Å². The zero-order valence-electron chi connectivity index (χ0n) is 11.7. The first-order valence-corrected chi connectivity index (χ1v) is 6.56. The number of hydrogen-bond acceptors (Lipinski definition) is 6. The predicted octanol–water partition coefficient (Wildman–Crippen LogP) is 0.845. The van der Waals surface area contributed by atoms with Gasteiger partial charge in [-0.1, -0.05) is 0 Å². The van der Waals surface area contributed by atoms with Crippen molar-refractivity contribution >= 4 is 17.9 Å². The fourth-order valence-electron chi connectivity index (χ4n) is 2.88. The molecule has 0 saturated heterocycles. The van der Waals surface area contributed by atoms with Crippen LogP contribution >= 0.6 is 0 Å². The summed E-state index contributed by atoms with van der Waals surface area (Å²) in [5.41, 5.74) is 0. The summed E-state index contributed by atoms with van der Waals surface area (Å²) in [5.74, 6) is -0.956. The highest BCUT2D eigenvalue weighted by Gasteiger charge is 2.61. The van der Waals surface area contributed by atoms with Gasteiger partial charge in [-0.25, -0.2) is 0 Å². The fourth-order valence-corrected chi connectivity index (χ4v) is 2.88. The van der Waals surface area contributed by atoms with Gasteiger partial charge in [-0.3, -0.25) is 14.4 Å². The van der Waals surface area contributed by atoms with Crippen LogP contribution in [0.15, 0.2) is 12.2 Å². The first kappa shape index (κ1) is 14.6. The van der Waals surface area contributed by atoms with Gasteiger partial charge >= 0.3 is 17.9 Å². The smallest absolute Gasteiger partial charge is 0.303 e. The molecule has 0 aromatic heterocycles. The third-order valence-electron chi connectivity index (χ3n) is 3.62. The largest absolute Gasteiger partial charge is 0.466 e. The van der Waals surface area contributed by atoms with Crippen LogP contribution in [0.1, 0.15) is 20.8 Å². The molecule has 2 rings (SSSR count). The Morgan fingerprint density at radius 1 is 0.850 bits per heavy atom. The molecule has 1 unspecified atom stereocenters. The number of carbonyl (C=O) groups is 3. The molecule has 6 nitrogen and oxygen atoms in total. The first-order valence-electron chi connectivity index (χ1n) is 6.56. The Hall–Kier alpha value is -1.85. The summed E-state index contributed by atoms with van der Waals surface area (Å²) in [6.45, 7) is 4.30. The van der Waals surface area contributed by atoms with Crippen molar-refractivity contribution < 1.29 is 28.6 Å². The molecule has 0 heterocycles. The molecule has 0 N–H and O–H groups in total. The highest BCUT2D eigenvalue weighted by Crippen LogP contribution is 2.55. The summed E-state index contributed by atoms with van der Waals surface area (Å²) in [4.78, 5) is 33.1. The molecule has 0 aromatic rings. The minimum atomic E-state index is -0.359. The first-order chi connectivity index (χ1) is 9.40. The predicted molar refractivity (Wildman–Crippen MR) is 67.4 cm³/mol. The summed E-state index contributed by atoms with van der Waals surface area (Å²) < 4.78 is 15.5. The van der Waals surface area contributed by atoms with Crippen molar-refractivity contribution in [3.05, 3.63) is 12.2 Å². The second-order valence-corrected chi connectivity index (χ2v) is 5.15. The molecule has 5 atom stereocenters. The monoisotopic (exact) mass is 282 g/mol. The molecule has 0 spiro atoms. The molecule has 20 heavy (non-hydrogen) atoms. The molecule has 6 heteroatoms. The molecule has 2 aliphatic carbocycles. The van der Waals surface area contributed by atoms with Crippen LogP contribution in [0, 0.1) is 17.8 Å². The van der Waals surface area contributed by atoms with Gasteiger partial charge in [0.05, 0.1) is 6.61 Å². The van der Waals surface area contributed by atoms with Crippen LogP contribution < -0.4 is 0 Å². The van der Waals surface area contributed by atoms with Crippen molar-refractivity contribution in [3.63, 3.8) is 0 Å². The average molecular weight is 282 g/mol. The zero-order chi connectivity index (χ0) is 14.9. The molecule has 0 aliphatic heterocycles. The van der Waals surface area contributed by atoms with Gasteiger partial charge in [0.1, 0.15) is 12.2 Å². The highest BCUT2D eigenvalue weighted by molar-refractivity contribution is 5.67. The Bertz CT molecular complexity index is 423. The molecule has 1 saturated carbocycles. The van der Waals surface area contributed by atoms with E-state index in [4.69, 9.17) is 14.2 Å². The Morgan fingerprint density at radius 3 is 1.65 bits per heavy atom. The van der Waals surface area contributed by atoms with Gasteiger partial charge in [0.2, 0.25) is 0 Å². The number of ether oxygens (including phenoxy) is 3. The molecule has 0 bridgehead atoms. The van der Waals surface area contributed by atoms with E-state index in [9.17, 15) is 14.4 Å². The maximum Gasteiger partial charge on any atom is 0.303 e. The summed E-state index contributed by atoms with van der Waals surface area (Å²) in [6.07, 6.45) is 2.79. The van der Waals surface area contributed by atoms with Crippen LogP contribution in [0.2, 0.25) is 0 Å². The van der Waals surface area contributed by atoms with Crippen LogP contribution in [0.25, 0.3) is 0 Å². The summed E-state index contributed by atoms with van der Waals surface area (Å²) in [6, 6.07) is 0. The van der Waals surface area contributed by atoms with Gasteiger partial charge in [0, 0.05) is 38.5 Å². The molecular weight excluding hydrogens is 264 g/mol. The van der Waals surface area contributed by atoms with Crippen LogP contribution in [-0.4, -0.2) is 36.7 Å². The van der Waals surface area contributed by atoms with E-state index in [0.717, 1.165) is 0 Å². The third kappa shape index (κ3) is 3.18. The van der Waals surface area contributed by atoms with Crippen molar-refractivity contribution in [1.82, 2.24) is 0 Å². The number of rotatable bonds is 4. The van der Waals surface area contributed by atoms with Crippen molar-refractivity contribution in [2.75, 3.05) is 6.61 Å². The van der Waals surface area contributed by atoms with Gasteiger partial charge in [-0.05, 0) is 12.2 Å². The Labute approximate surface area is 117 Å². The lowest BCUT2D eigenvalue weighted by atomic mass is 10.0. The lowest BCUT2D eigenvalue weighted by Crippen LogP contribution is -2.27. The molecular formula is C14H18O6. The molecule has 110 valence electrons. The fraction of sp³-hybridized carbons (Fsp3) is 0.643. The lowest BCUT2D eigenvalue weighted by molar-refractivity contribution is -0.149. The van der Waals surface area contributed by atoms with Crippen molar-refractivity contribution in [2.24, 2.45) is 17.8 Å². The third-order valence-corrected chi connectivity index (χ3v) is 3.62. The van der Waals surface area contributed by atoms with E-state index in [1.54, 1.807) is 12.2 Å². The lowest BCUT2D eigenvalue weighted by Gasteiger charge is -2.21. The number of esters is 3. The highest BCUT2D eigenvalue weighted by atomic mass is 16.6. The number of fused-ring (bicyclic) bond motifs is 1. The van der Waals surface area contributed by atoms with Crippen LogP contribution in [0.4, 0.5) is 0 Å². The Kier molecular flexibility index (Phi) is 4.11. The van der Waals surface area contributed by atoms with E-state index in [0.29, 0.717) is 0 Å². The normalized spacial score (nSPS) is 33.9. The molecule has 0 amide bonds. The molecule has 2 aliphatic rings. The van der Waals surface area contributed by atoms with E-state index in [-0.39, 0.29) is 54.5 Å². The topological polar surface area (TPSA) is 78.9 Å². The van der Waals surface area contributed by atoms with E-state index < -0.39 is 0 Å². The number of hydrogen-bond donors (Lipinski definition) is 0.